The monoisotopic (exact) mass is 268 g/mol. The Hall–Kier alpha value is -1.56. The van der Waals surface area contributed by atoms with Crippen LogP contribution in [0.15, 0.2) is 12.3 Å². The zero-order valence-corrected chi connectivity index (χ0v) is 12.3. The Balaban J connectivity index is 2.54. The molecule has 0 aliphatic rings. The molecular weight excluding hydrogens is 244 g/mol. The number of carbonyl (C=O) groups excluding carboxylic acids is 1. The van der Waals surface area contributed by atoms with Crippen molar-refractivity contribution >= 4 is 11.8 Å². The zero-order chi connectivity index (χ0) is 14.6. The third-order valence-corrected chi connectivity index (χ3v) is 3.25. The van der Waals surface area contributed by atoms with Gasteiger partial charge in [-0.05, 0) is 26.7 Å². The van der Waals surface area contributed by atoms with E-state index in [-0.39, 0.29) is 24.5 Å². The average Bonchev–Trinajstić information content (AvgIpc) is 2.74. The highest BCUT2D eigenvalue weighted by Crippen LogP contribution is 2.15. The van der Waals surface area contributed by atoms with Gasteiger partial charge in [0.25, 0.3) is 0 Å². The fraction of sp³-hybridized carbons (Fsp3) is 0.692. The number of hydrogen-bond donors (Lipinski definition) is 3. The normalized spacial score (nSPS) is 14.5. The van der Waals surface area contributed by atoms with Crippen LogP contribution in [0, 0.1) is 5.92 Å². The molecule has 0 saturated heterocycles. The van der Waals surface area contributed by atoms with Crippen LogP contribution >= 0.6 is 0 Å². The molecule has 0 aromatic carbocycles. The molecule has 3 N–H and O–H groups in total. The lowest BCUT2D eigenvalue weighted by atomic mass is 9.93. The Morgan fingerprint density at radius 2 is 2.11 bits per heavy atom. The molecule has 0 aliphatic heterocycles. The van der Waals surface area contributed by atoms with E-state index in [4.69, 9.17) is 0 Å². The summed E-state index contributed by atoms with van der Waals surface area (Å²) in [5, 5.41) is 19.6. The molecular formula is C13H24N4O2. The molecule has 0 spiro atoms. The molecule has 1 atom stereocenters. The number of nitrogens with zero attached hydrogens (tertiary/aromatic N) is 2. The van der Waals surface area contributed by atoms with Crippen LogP contribution in [0.3, 0.4) is 0 Å². The first-order chi connectivity index (χ1) is 8.74. The highest BCUT2D eigenvalue weighted by Gasteiger charge is 2.25. The molecule has 0 bridgehead atoms. The van der Waals surface area contributed by atoms with Crippen molar-refractivity contribution in [1.82, 2.24) is 15.1 Å². The van der Waals surface area contributed by atoms with E-state index >= 15 is 0 Å². The number of carbonyl (C=O) groups is 1. The lowest BCUT2D eigenvalue weighted by Crippen LogP contribution is -2.45. The first-order valence-corrected chi connectivity index (χ1v) is 6.54. The van der Waals surface area contributed by atoms with Crippen LogP contribution in [-0.2, 0) is 0 Å². The van der Waals surface area contributed by atoms with Gasteiger partial charge in [0, 0.05) is 18.7 Å². The van der Waals surface area contributed by atoms with Gasteiger partial charge in [-0.3, -0.25) is 5.32 Å². The van der Waals surface area contributed by atoms with Crippen molar-refractivity contribution in [3.63, 3.8) is 0 Å². The fourth-order valence-electron chi connectivity index (χ4n) is 1.45. The molecule has 0 saturated carbocycles. The minimum atomic E-state index is -0.921. The van der Waals surface area contributed by atoms with Crippen LogP contribution in [0.25, 0.3) is 0 Å². The largest absolute Gasteiger partial charge is 0.388 e. The van der Waals surface area contributed by atoms with E-state index in [1.807, 2.05) is 27.7 Å². The molecule has 1 aromatic rings. The van der Waals surface area contributed by atoms with Crippen LogP contribution in [-0.4, -0.2) is 33.1 Å². The summed E-state index contributed by atoms with van der Waals surface area (Å²) >= 11 is 0. The van der Waals surface area contributed by atoms with Gasteiger partial charge in [-0.1, -0.05) is 13.8 Å². The number of rotatable bonds is 5. The highest BCUT2D eigenvalue weighted by atomic mass is 16.3. The van der Waals surface area contributed by atoms with Crippen molar-refractivity contribution in [2.45, 2.75) is 46.3 Å². The maximum Gasteiger partial charge on any atom is 0.320 e. The first kappa shape index (κ1) is 15.5. The minimum Gasteiger partial charge on any atom is -0.388 e. The van der Waals surface area contributed by atoms with E-state index in [1.165, 1.54) is 0 Å². The quantitative estimate of drug-likeness (QED) is 0.764. The molecule has 6 heteroatoms. The Morgan fingerprint density at radius 1 is 1.47 bits per heavy atom. The number of amides is 2. The number of aliphatic hydroxyl groups is 1. The van der Waals surface area contributed by atoms with Crippen molar-refractivity contribution in [1.29, 1.82) is 0 Å². The predicted molar refractivity (Wildman–Crippen MR) is 75.1 cm³/mol. The summed E-state index contributed by atoms with van der Waals surface area (Å²) in [5.74, 6) is 0.700. The molecule has 0 fully saturated rings. The summed E-state index contributed by atoms with van der Waals surface area (Å²) in [5.41, 5.74) is -0.921. The van der Waals surface area contributed by atoms with Crippen LogP contribution in [0.5, 0.6) is 0 Å². The maximum atomic E-state index is 11.8. The number of anilines is 1. The first-order valence-electron chi connectivity index (χ1n) is 6.54. The van der Waals surface area contributed by atoms with Crippen LogP contribution in [0.4, 0.5) is 10.6 Å². The summed E-state index contributed by atoms with van der Waals surface area (Å²) in [6, 6.07) is 1.56. The van der Waals surface area contributed by atoms with Gasteiger partial charge in [-0.2, -0.15) is 5.10 Å². The molecule has 19 heavy (non-hydrogen) atoms. The van der Waals surface area contributed by atoms with Gasteiger partial charge in [-0.15, -0.1) is 0 Å². The maximum absolute atomic E-state index is 11.8. The third-order valence-electron chi connectivity index (χ3n) is 3.25. The number of aromatic nitrogens is 2. The van der Waals surface area contributed by atoms with E-state index in [0.29, 0.717) is 5.82 Å². The van der Waals surface area contributed by atoms with Gasteiger partial charge >= 0.3 is 6.03 Å². The van der Waals surface area contributed by atoms with Crippen LogP contribution in [0.1, 0.15) is 40.7 Å². The standard InChI is InChI=1S/C13H24N4O2/c1-9(2)13(5,19)8-14-12(18)16-11-6-7-15-17(11)10(3)4/h6-7,9-10,19H,8H2,1-5H3,(H2,14,16,18). The van der Waals surface area contributed by atoms with Gasteiger partial charge in [0.1, 0.15) is 5.82 Å². The van der Waals surface area contributed by atoms with Crippen LogP contribution in [0.2, 0.25) is 0 Å². The van der Waals surface area contributed by atoms with Gasteiger partial charge in [-0.25, -0.2) is 9.48 Å². The van der Waals surface area contributed by atoms with Gasteiger partial charge in [0.15, 0.2) is 0 Å². The van der Waals surface area contributed by atoms with Crippen molar-refractivity contribution in [2.24, 2.45) is 5.92 Å². The predicted octanol–water partition coefficient (Wildman–Crippen LogP) is 1.99. The Bertz CT molecular complexity index is 424. The molecule has 0 aliphatic carbocycles. The summed E-state index contributed by atoms with van der Waals surface area (Å²) in [4.78, 5) is 11.8. The van der Waals surface area contributed by atoms with E-state index in [1.54, 1.807) is 23.9 Å². The topological polar surface area (TPSA) is 79.2 Å². The lowest BCUT2D eigenvalue weighted by Gasteiger charge is -2.27. The molecule has 2 amide bonds. The minimum absolute atomic E-state index is 0.0639. The second-order valence-electron chi connectivity index (χ2n) is 5.57. The van der Waals surface area contributed by atoms with Crippen molar-refractivity contribution in [3.8, 4) is 0 Å². The fourth-order valence-corrected chi connectivity index (χ4v) is 1.45. The van der Waals surface area contributed by atoms with Gasteiger partial charge < -0.3 is 10.4 Å². The SMILES string of the molecule is CC(C)n1nccc1NC(=O)NCC(C)(O)C(C)C. The number of urea groups is 1. The molecule has 1 unspecified atom stereocenters. The second-order valence-corrected chi connectivity index (χ2v) is 5.57. The van der Waals surface area contributed by atoms with E-state index in [9.17, 15) is 9.90 Å². The van der Waals surface area contributed by atoms with E-state index < -0.39 is 5.60 Å². The molecule has 108 valence electrons. The highest BCUT2D eigenvalue weighted by molar-refractivity contribution is 5.88. The number of nitrogens with one attached hydrogen (secondary N) is 2. The van der Waals surface area contributed by atoms with Crippen molar-refractivity contribution in [2.75, 3.05) is 11.9 Å². The lowest BCUT2D eigenvalue weighted by molar-refractivity contribution is 0.0170. The summed E-state index contributed by atoms with van der Waals surface area (Å²) in [6.07, 6.45) is 1.64. The second kappa shape index (κ2) is 6.06. The average molecular weight is 268 g/mol. The molecule has 1 heterocycles. The van der Waals surface area contributed by atoms with Crippen molar-refractivity contribution in [3.05, 3.63) is 12.3 Å². The molecule has 6 nitrogen and oxygen atoms in total. The Kier molecular flexibility index (Phi) is 4.94. The van der Waals surface area contributed by atoms with E-state index in [2.05, 4.69) is 15.7 Å². The van der Waals surface area contributed by atoms with E-state index in [0.717, 1.165) is 0 Å². The number of hydrogen-bond acceptors (Lipinski definition) is 3. The van der Waals surface area contributed by atoms with Crippen LogP contribution < -0.4 is 10.6 Å². The summed E-state index contributed by atoms with van der Waals surface area (Å²) in [6.45, 7) is 9.70. The molecule has 0 radical (unpaired) electrons. The Morgan fingerprint density at radius 3 is 2.63 bits per heavy atom. The zero-order valence-electron chi connectivity index (χ0n) is 12.3. The van der Waals surface area contributed by atoms with Gasteiger partial charge in [0.2, 0.25) is 0 Å². The Labute approximate surface area is 114 Å². The molecule has 1 aromatic heterocycles. The van der Waals surface area contributed by atoms with Crippen molar-refractivity contribution < 1.29 is 9.90 Å². The summed E-state index contributed by atoms with van der Waals surface area (Å²) < 4.78 is 1.72. The third kappa shape index (κ3) is 4.24. The summed E-state index contributed by atoms with van der Waals surface area (Å²) in [7, 11) is 0. The van der Waals surface area contributed by atoms with Gasteiger partial charge in [0.05, 0.1) is 11.8 Å². The smallest absolute Gasteiger partial charge is 0.320 e. The molecule has 1 rings (SSSR count).